The second-order valence-corrected chi connectivity index (χ2v) is 8.58. The average Bonchev–Trinajstić information content (AvgIpc) is 3.04. The van der Waals surface area contributed by atoms with E-state index in [1.165, 1.54) is 35.8 Å². The molecule has 7 nitrogen and oxygen atoms in total. The van der Waals surface area contributed by atoms with Gasteiger partial charge in [0.1, 0.15) is 11.4 Å². The van der Waals surface area contributed by atoms with Gasteiger partial charge >= 0.3 is 18.0 Å². The number of carbonyl (C=O) groups excluding carboxylic acids is 3. The van der Waals surface area contributed by atoms with Crippen LogP contribution in [0.5, 0.6) is 0 Å². The maximum Gasteiger partial charge on any atom is 0.331 e. The number of amides is 2. The molecule has 2 aliphatic rings. The number of benzene rings is 1. The molecular weight excluding hydrogens is 356 g/mol. The molecule has 1 aromatic rings. The van der Waals surface area contributed by atoms with Gasteiger partial charge in [-0.1, -0.05) is 30.3 Å². The van der Waals surface area contributed by atoms with Crippen LogP contribution in [0.4, 0.5) is 4.79 Å². The van der Waals surface area contributed by atoms with E-state index in [2.05, 4.69) is 0 Å². The normalized spacial score (nSPS) is 26.6. The molecule has 0 saturated carbocycles. The molecule has 0 spiro atoms. The topological polar surface area (TPSA) is 76.2 Å². The molecule has 1 aromatic carbocycles. The molecule has 2 heterocycles. The van der Waals surface area contributed by atoms with Crippen LogP contribution >= 0.6 is 11.8 Å². The lowest BCUT2D eigenvalue weighted by Gasteiger charge is -2.30. The number of hydrogen-bond donors (Lipinski definition) is 0. The molecule has 3 rings (SSSR count). The van der Waals surface area contributed by atoms with Crippen LogP contribution in [0.15, 0.2) is 30.3 Å². The number of ether oxygens (including phenoxy) is 2. The second-order valence-electron chi connectivity index (χ2n) is 6.81. The molecule has 2 fully saturated rings. The van der Waals surface area contributed by atoms with Gasteiger partial charge in [0.2, 0.25) is 0 Å². The first-order chi connectivity index (χ1) is 12.3. The Kier molecular flexibility index (Phi) is 4.88. The Labute approximate surface area is 156 Å². The largest absolute Gasteiger partial charge is 0.467 e. The van der Waals surface area contributed by atoms with Crippen molar-refractivity contribution in [2.75, 3.05) is 14.2 Å². The number of fused-ring (bicyclic) bond motifs is 1. The van der Waals surface area contributed by atoms with Crippen molar-refractivity contribution in [3.63, 3.8) is 0 Å². The van der Waals surface area contributed by atoms with Crippen LogP contribution in [0.2, 0.25) is 0 Å². The van der Waals surface area contributed by atoms with Crippen LogP contribution in [-0.4, -0.2) is 64.2 Å². The summed E-state index contributed by atoms with van der Waals surface area (Å²) in [5, 5.41) is -0.502. The van der Waals surface area contributed by atoms with Crippen molar-refractivity contribution in [3.8, 4) is 0 Å². The van der Waals surface area contributed by atoms with E-state index >= 15 is 0 Å². The monoisotopic (exact) mass is 378 g/mol. The number of thioether (sulfide) groups is 1. The van der Waals surface area contributed by atoms with E-state index in [1.807, 2.05) is 44.2 Å². The first kappa shape index (κ1) is 18.6. The molecule has 0 aliphatic carbocycles. The fraction of sp³-hybridized carbons (Fsp3) is 0.500. The Morgan fingerprint density at radius 1 is 1.12 bits per heavy atom. The van der Waals surface area contributed by atoms with Gasteiger partial charge in [0.25, 0.3) is 0 Å². The summed E-state index contributed by atoms with van der Waals surface area (Å²) < 4.78 is 9.31. The van der Waals surface area contributed by atoms with Gasteiger partial charge in [0.05, 0.1) is 14.2 Å². The van der Waals surface area contributed by atoms with Gasteiger partial charge in [-0.3, -0.25) is 4.90 Å². The first-order valence-electron chi connectivity index (χ1n) is 8.28. The van der Waals surface area contributed by atoms with E-state index in [0.717, 1.165) is 5.56 Å². The summed E-state index contributed by atoms with van der Waals surface area (Å²) in [4.78, 5) is 41.0. The lowest BCUT2D eigenvalue weighted by atomic mass is 10.0. The van der Waals surface area contributed by atoms with Crippen molar-refractivity contribution in [3.05, 3.63) is 35.9 Å². The maximum atomic E-state index is 13.2. The molecule has 0 aromatic heterocycles. The van der Waals surface area contributed by atoms with E-state index in [4.69, 9.17) is 9.47 Å². The molecule has 0 unspecified atom stereocenters. The van der Waals surface area contributed by atoms with Crippen molar-refractivity contribution < 1.29 is 23.9 Å². The number of esters is 2. The molecule has 3 atom stereocenters. The quantitative estimate of drug-likeness (QED) is 0.745. The highest BCUT2D eigenvalue weighted by Crippen LogP contribution is 2.50. The Bertz CT molecular complexity index is 724. The lowest BCUT2D eigenvalue weighted by molar-refractivity contribution is -0.148. The summed E-state index contributed by atoms with van der Waals surface area (Å²) in [5.74, 6) is -0.973. The zero-order valence-corrected chi connectivity index (χ0v) is 16.0. The number of methoxy groups -OCH3 is 2. The van der Waals surface area contributed by atoms with E-state index in [1.54, 1.807) is 0 Å². The molecule has 0 radical (unpaired) electrons. The van der Waals surface area contributed by atoms with Crippen LogP contribution < -0.4 is 0 Å². The standard InChI is InChI=1S/C18H22N2O5S/c1-18(2)13(16(22)25-4)20-14(26-18)12(15(21)24-3)19(17(20)23)10-11-8-6-5-7-9-11/h5-9,12-14H,10H2,1-4H3/t12-,13-,14+/m0/s1. The Morgan fingerprint density at radius 3 is 2.31 bits per heavy atom. The summed E-state index contributed by atoms with van der Waals surface area (Å²) >= 11 is 1.42. The lowest BCUT2D eigenvalue weighted by Crippen LogP contribution is -2.50. The van der Waals surface area contributed by atoms with E-state index in [0.29, 0.717) is 0 Å². The highest BCUT2D eigenvalue weighted by molar-refractivity contribution is 8.01. The summed E-state index contributed by atoms with van der Waals surface area (Å²) in [5.41, 5.74) is 0.898. The number of nitrogens with zero attached hydrogens (tertiary/aromatic N) is 2. The zero-order valence-electron chi connectivity index (χ0n) is 15.2. The van der Waals surface area contributed by atoms with Gasteiger partial charge in [-0.25, -0.2) is 14.4 Å². The van der Waals surface area contributed by atoms with Crippen LogP contribution in [-0.2, 0) is 25.6 Å². The minimum Gasteiger partial charge on any atom is -0.467 e. The van der Waals surface area contributed by atoms with Crippen molar-refractivity contribution in [1.29, 1.82) is 0 Å². The summed E-state index contributed by atoms with van der Waals surface area (Å²) in [7, 11) is 2.61. The third-order valence-corrected chi connectivity index (χ3v) is 6.33. The third-order valence-electron chi connectivity index (χ3n) is 4.77. The van der Waals surface area contributed by atoms with E-state index in [-0.39, 0.29) is 12.6 Å². The van der Waals surface area contributed by atoms with Gasteiger partial charge in [-0.15, -0.1) is 11.8 Å². The molecule has 8 heteroatoms. The Balaban J connectivity index is 1.99. The average molecular weight is 378 g/mol. The molecule has 0 bridgehead atoms. The minimum atomic E-state index is -0.786. The van der Waals surface area contributed by atoms with Crippen LogP contribution in [0.3, 0.4) is 0 Å². The van der Waals surface area contributed by atoms with Gasteiger partial charge in [0, 0.05) is 11.3 Å². The Morgan fingerprint density at radius 2 is 1.73 bits per heavy atom. The predicted octanol–water partition coefficient (Wildman–Crippen LogP) is 1.86. The van der Waals surface area contributed by atoms with Gasteiger partial charge in [-0.2, -0.15) is 0 Å². The van der Waals surface area contributed by atoms with E-state index in [9.17, 15) is 14.4 Å². The van der Waals surface area contributed by atoms with Crippen molar-refractivity contribution in [2.45, 2.75) is 42.6 Å². The fourth-order valence-corrected chi connectivity index (χ4v) is 5.26. The first-order valence-corrected chi connectivity index (χ1v) is 9.16. The molecule has 140 valence electrons. The number of hydrogen-bond acceptors (Lipinski definition) is 6. The second kappa shape index (κ2) is 6.83. The fourth-order valence-electron chi connectivity index (χ4n) is 3.59. The number of carbonyl (C=O) groups is 3. The zero-order chi connectivity index (χ0) is 19.1. The van der Waals surface area contributed by atoms with Gasteiger partial charge in [-0.05, 0) is 19.4 Å². The molecule has 2 aliphatic heterocycles. The summed E-state index contributed by atoms with van der Waals surface area (Å²) in [6.07, 6.45) is 0. The van der Waals surface area contributed by atoms with Crippen LogP contribution in [0.1, 0.15) is 19.4 Å². The van der Waals surface area contributed by atoms with Crippen molar-refractivity contribution in [1.82, 2.24) is 9.80 Å². The third kappa shape index (κ3) is 2.92. The van der Waals surface area contributed by atoms with Gasteiger partial charge in [0.15, 0.2) is 6.04 Å². The number of urea groups is 1. The molecule has 0 N–H and O–H groups in total. The minimum absolute atomic E-state index is 0.265. The van der Waals surface area contributed by atoms with Crippen LogP contribution in [0, 0.1) is 0 Å². The van der Waals surface area contributed by atoms with Gasteiger partial charge < -0.3 is 14.4 Å². The number of rotatable bonds is 4. The SMILES string of the molecule is COC(=O)[C@@H]1[C@H]2SC(C)(C)[C@H](C(=O)OC)N2C(=O)N1Cc1ccccc1. The highest BCUT2D eigenvalue weighted by atomic mass is 32.2. The maximum absolute atomic E-state index is 13.2. The summed E-state index contributed by atoms with van der Waals surface area (Å²) in [6.45, 7) is 4.02. The molecular formula is C18H22N2O5S. The van der Waals surface area contributed by atoms with E-state index < -0.39 is 34.1 Å². The highest BCUT2D eigenvalue weighted by Gasteiger charge is 2.63. The molecule has 26 heavy (non-hydrogen) atoms. The molecule has 2 amide bonds. The predicted molar refractivity (Wildman–Crippen MR) is 96.3 cm³/mol. The smallest absolute Gasteiger partial charge is 0.331 e. The van der Waals surface area contributed by atoms with Crippen molar-refractivity contribution >= 4 is 29.7 Å². The molecule has 2 saturated heterocycles. The van der Waals surface area contributed by atoms with Crippen LogP contribution in [0.25, 0.3) is 0 Å². The summed E-state index contributed by atoms with van der Waals surface area (Å²) in [6, 6.07) is 7.51. The van der Waals surface area contributed by atoms with Crippen molar-refractivity contribution in [2.24, 2.45) is 0 Å². The Hall–Kier alpha value is -2.22.